The highest BCUT2D eigenvalue weighted by Gasteiger charge is 2.35. The van der Waals surface area contributed by atoms with Gasteiger partial charge in [-0.15, -0.1) is 0 Å². The van der Waals surface area contributed by atoms with Crippen molar-refractivity contribution in [2.75, 3.05) is 74.0 Å². The van der Waals surface area contributed by atoms with Crippen molar-refractivity contribution in [2.24, 2.45) is 0 Å². The second-order valence-electron chi connectivity index (χ2n) is 14.8. The van der Waals surface area contributed by atoms with E-state index in [0.29, 0.717) is 0 Å². The van der Waals surface area contributed by atoms with Crippen LogP contribution in [0.25, 0.3) is 0 Å². The topological polar surface area (TPSA) is 328 Å². The molecule has 2 saturated heterocycles. The lowest BCUT2D eigenvalue weighted by Gasteiger charge is -2.26. The zero-order chi connectivity index (χ0) is 48.6. The molecule has 4 N–H and O–H groups in total. The molecule has 0 aliphatic carbocycles. The number of methoxy groups -OCH3 is 2. The smallest absolute Gasteiger partial charge is 0.294 e. The molecule has 0 atom stereocenters. The van der Waals surface area contributed by atoms with E-state index >= 15 is 0 Å². The molecule has 4 aromatic carbocycles. The van der Waals surface area contributed by atoms with Crippen LogP contribution in [-0.4, -0.2) is 143 Å². The van der Waals surface area contributed by atoms with Gasteiger partial charge in [0.05, 0.1) is 47.0 Å². The monoisotopic (exact) mass is 1030 g/mol. The first-order chi connectivity index (χ1) is 30.6. The molecule has 0 aromatic heterocycles. The van der Waals surface area contributed by atoms with Crippen LogP contribution in [0, 0.1) is 0 Å². The first kappa shape index (κ1) is 50.4. The van der Waals surface area contributed by atoms with Crippen molar-refractivity contribution in [2.45, 2.75) is 32.4 Å². The summed E-state index contributed by atoms with van der Waals surface area (Å²) in [6, 6.07) is 13.6. The van der Waals surface area contributed by atoms with Crippen LogP contribution in [0.15, 0.2) is 92.4 Å². The number of carbonyl (C=O) groups is 2. The van der Waals surface area contributed by atoms with Crippen LogP contribution in [-0.2, 0) is 72.8 Å². The van der Waals surface area contributed by atoms with Gasteiger partial charge in [-0.05, 0) is 84.6 Å². The Morgan fingerprint density at radius 2 is 0.864 bits per heavy atom. The molecule has 358 valence electrons. The molecular formula is C38H42N4O18S6. The molecule has 2 amide bonds. The predicted octanol–water partition coefficient (Wildman–Crippen LogP) is 1.33. The lowest BCUT2D eigenvalue weighted by molar-refractivity contribution is 0.101. The largest absolute Gasteiger partial charge is 0.495 e. The van der Waals surface area contributed by atoms with Crippen LogP contribution in [0.1, 0.15) is 31.8 Å². The van der Waals surface area contributed by atoms with Crippen LogP contribution < -0.4 is 20.1 Å². The van der Waals surface area contributed by atoms with Crippen molar-refractivity contribution in [3.8, 4) is 11.5 Å². The number of hydrogen-bond acceptors (Lipinski definition) is 16. The van der Waals surface area contributed by atoms with Gasteiger partial charge in [0, 0.05) is 48.7 Å². The Labute approximate surface area is 381 Å². The summed E-state index contributed by atoms with van der Waals surface area (Å²) in [5, 5.41) is 4.85. The number of ether oxygens (including phenoxy) is 2. The first-order valence-electron chi connectivity index (χ1n) is 19.3. The van der Waals surface area contributed by atoms with E-state index in [1.807, 2.05) is 0 Å². The van der Waals surface area contributed by atoms with E-state index in [2.05, 4.69) is 10.6 Å². The number of nitrogens with zero attached hydrogens (tertiary/aromatic N) is 2. The summed E-state index contributed by atoms with van der Waals surface area (Å²) in [5.74, 6) is -3.70. The average Bonchev–Trinajstić information content (AvgIpc) is 3.24. The van der Waals surface area contributed by atoms with Gasteiger partial charge in [-0.3, -0.25) is 18.7 Å². The molecule has 2 fully saturated rings. The molecule has 2 aliphatic heterocycles. The Hall–Kier alpha value is -5.04. The molecule has 6 rings (SSSR count). The van der Waals surface area contributed by atoms with E-state index in [-0.39, 0.29) is 84.1 Å². The van der Waals surface area contributed by atoms with Crippen molar-refractivity contribution in [3.05, 3.63) is 95.1 Å². The highest BCUT2D eigenvalue weighted by molar-refractivity contribution is 7.92. The van der Waals surface area contributed by atoms with Crippen LogP contribution in [0.4, 0.5) is 11.4 Å². The molecule has 0 bridgehead atoms. The van der Waals surface area contributed by atoms with E-state index in [4.69, 9.17) is 9.47 Å². The number of aryl methyl sites for hydroxylation is 2. The number of sulfone groups is 2. The molecule has 4 aromatic rings. The van der Waals surface area contributed by atoms with E-state index in [1.54, 1.807) is 0 Å². The minimum Gasteiger partial charge on any atom is -0.495 e. The maximum atomic E-state index is 13.5. The lowest BCUT2D eigenvalue weighted by atomic mass is 10.0. The molecule has 2 heterocycles. The minimum absolute atomic E-state index is 0.0630. The molecular weight excluding hydrogens is 993 g/mol. The predicted molar refractivity (Wildman–Crippen MR) is 237 cm³/mol. The van der Waals surface area contributed by atoms with Crippen LogP contribution in [0.2, 0.25) is 0 Å². The Kier molecular flexibility index (Phi) is 14.4. The summed E-state index contributed by atoms with van der Waals surface area (Å²) < 4.78 is 184. The van der Waals surface area contributed by atoms with Gasteiger partial charge in [0.15, 0.2) is 19.7 Å². The highest BCUT2D eigenvalue weighted by atomic mass is 32.2. The fraction of sp³-hybridized carbons (Fsp3) is 0.316. The zero-order valence-corrected chi connectivity index (χ0v) is 39.7. The van der Waals surface area contributed by atoms with Crippen molar-refractivity contribution in [1.82, 2.24) is 8.61 Å². The summed E-state index contributed by atoms with van der Waals surface area (Å²) in [6.45, 7) is -1.28. The highest BCUT2D eigenvalue weighted by Crippen LogP contribution is 2.32. The molecule has 28 heteroatoms. The zero-order valence-electron chi connectivity index (χ0n) is 34.8. The lowest BCUT2D eigenvalue weighted by Crippen LogP contribution is -2.43. The number of benzene rings is 4. The normalized spacial score (nSPS) is 17.1. The number of anilines is 2. The summed E-state index contributed by atoms with van der Waals surface area (Å²) in [4.78, 5) is 24.5. The van der Waals surface area contributed by atoms with Crippen molar-refractivity contribution in [3.63, 3.8) is 0 Å². The molecule has 22 nitrogen and oxygen atoms in total. The van der Waals surface area contributed by atoms with Crippen LogP contribution in [0.5, 0.6) is 11.5 Å². The number of sulfonamides is 2. The number of nitrogens with one attached hydrogen (secondary N) is 2. The van der Waals surface area contributed by atoms with Gasteiger partial charge >= 0.3 is 0 Å². The fourth-order valence-electron chi connectivity index (χ4n) is 7.02. The first-order valence-corrected chi connectivity index (χ1v) is 28.7. The molecule has 0 spiro atoms. The van der Waals surface area contributed by atoms with E-state index in [9.17, 15) is 69.2 Å². The fourth-order valence-corrected chi connectivity index (χ4v) is 14.7. The molecule has 0 unspecified atom stereocenters. The van der Waals surface area contributed by atoms with E-state index in [1.165, 1.54) is 62.8 Å². The Morgan fingerprint density at radius 3 is 1.17 bits per heavy atom. The van der Waals surface area contributed by atoms with Crippen molar-refractivity contribution < 1.29 is 78.7 Å². The molecule has 2 aliphatic rings. The van der Waals surface area contributed by atoms with Gasteiger partial charge in [0.2, 0.25) is 20.0 Å². The third kappa shape index (κ3) is 11.4. The second kappa shape index (κ2) is 18.9. The van der Waals surface area contributed by atoms with Gasteiger partial charge in [0.25, 0.3) is 32.1 Å². The van der Waals surface area contributed by atoms with Crippen LogP contribution in [0.3, 0.4) is 0 Å². The minimum atomic E-state index is -5.01. The summed E-state index contributed by atoms with van der Waals surface area (Å²) in [7, 11) is -23.2. The van der Waals surface area contributed by atoms with Gasteiger partial charge in [0.1, 0.15) is 21.3 Å². The maximum absolute atomic E-state index is 13.5. The maximum Gasteiger partial charge on any atom is 0.294 e. The van der Waals surface area contributed by atoms with Crippen molar-refractivity contribution >= 4 is 83.1 Å². The SMILES string of the molecule is COc1ccc(C(=O)Nc2ccc(CCc3ccc(NC(=O)c4ccc(OC)c(S(=O)(=O)N5CCS(=O)(=O)CC5)c4)cc3S(=O)(=O)O)c(S(=O)(=O)O)c2)cc1S(=O)(=O)N1CCS(=O)(=O)CC1. The summed E-state index contributed by atoms with van der Waals surface area (Å²) >= 11 is 0. The average molecular weight is 1040 g/mol. The van der Waals surface area contributed by atoms with E-state index < -0.39 is 114 Å². The number of hydrogen-bond donors (Lipinski definition) is 4. The summed E-state index contributed by atoms with van der Waals surface area (Å²) in [6.07, 6.45) is -0.553. The second-order valence-corrected chi connectivity index (χ2v) is 26.0. The molecule has 0 radical (unpaired) electrons. The Balaban J connectivity index is 1.20. The van der Waals surface area contributed by atoms with Gasteiger partial charge < -0.3 is 20.1 Å². The Bertz CT molecular complexity index is 3060. The van der Waals surface area contributed by atoms with E-state index in [0.717, 1.165) is 32.9 Å². The third-order valence-electron chi connectivity index (χ3n) is 10.6. The number of carbonyl (C=O) groups excluding carboxylic acids is 2. The molecule has 66 heavy (non-hydrogen) atoms. The van der Waals surface area contributed by atoms with Crippen LogP contribution >= 0.6 is 0 Å². The number of rotatable bonds is 15. The van der Waals surface area contributed by atoms with Gasteiger partial charge in [-0.1, -0.05) is 12.1 Å². The molecule has 0 saturated carbocycles. The van der Waals surface area contributed by atoms with Crippen molar-refractivity contribution in [1.29, 1.82) is 0 Å². The quantitative estimate of drug-likeness (QED) is 0.122. The number of amides is 2. The standard InChI is InChI=1S/C38H42N4O18S6/c1-59-31-11-7-27(21-35(31)63(49,50)41-13-17-61(45,46)18-14-41)37(43)39-29-9-5-25(33(23-29)65(53,54)55)3-4-26-6-10-30(24-34(26)66(56,57)58)40-38(44)28-8-12-32(60-2)36(22-28)64(51,52)42-15-19-62(47,48)20-16-42/h5-12,21-24H,3-4,13-20H2,1-2H3,(H,39,43)(H,40,44)(H,53,54,55)(H,56,57,58). The Morgan fingerprint density at radius 1 is 0.530 bits per heavy atom. The van der Waals surface area contributed by atoms with Gasteiger partial charge in [-0.25, -0.2) is 33.7 Å². The third-order valence-corrected chi connectivity index (χ3v) is 19.5. The summed E-state index contributed by atoms with van der Waals surface area (Å²) in [5.41, 5.74) is -0.895. The van der Waals surface area contributed by atoms with Gasteiger partial charge in [-0.2, -0.15) is 25.4 Å².